The fourth-order valence-corrected chi connectivity index (χ4v) is 3.55. The summed E-state index contributed by atoms with van der Waals surface area (Å²) in [7, 11) is 3.15. The van der Waals surface area contributed by atoms with Gasteiger partial charge in [0.15, 0.2) is 11.5 Å². The molecule has 0 atom stereocenters. The number of hydrogen-bond donors (Lipinski definition) is 1. The van der Waals surface area contributed by atoms with Crippen LogP contribution >= 0.6 is 11.8 Å². The number of methoxy groups -OCH3 is 2. The Morgan fingerprint density at radius 1 is 1.07 bits per heavy atom. The molecule has 0 bridgehead atoms. The molecule has 0 aliphatic carbocycles. The van der Waals surface area contributed by atoms with Gasteiger partial charge in [-0.1, -0.05) is 23.9 Å². The number of nitrogens with one attached hydrogen (secondary N) is 1. The Labute approximate surface area is 170 Å². The zero-order valence-electron chi connectivity index (χ0n) is 15.8. The third kappa shape index (κ3) is 4.09. The fraction of sp³-hybridized carbons (Fsp3) is 0.200. The maximum absolute atomic E-state index is 12.1. The van der Waals surface area contributed by atoms with E-state index in [1.54, 1.807) is 32.4 Å². The number of hydrogen-bond acceptors (Lipinski definition) is 8. The maximum atomic E-state index is 12.1. The number of thioether (sulfide) groups is 1. The van der Waals surface area contributed by atoms with Gasteiger partial charge in [-0.25, -0.2) is 4.98 Å². The van der Waals surface area contributed by atoms with Crippen LogP contribution in [0.25, 0.3) is 22.4 Å². The highest BCUT2D eigenvalue weighted by molar-refractivity contribution is 7.99. The van der Waals surface area contributed by atoms with E-state index in [4.69, 9.17) is 13.9 Å². The van der Waals surface area contributed by atoms with Crippen LogP contribution in [0.2, 0.25) is 0 Å². The van der Waals surface area contributed by atoms with Crippen LogP contribution in [-0.2, 0) is 6.42 Å². The molecule has 4 rings (SSSR count). The first-order chi connectivity index (χ1) is 14.2. The Bertz CT molecular complexity index is 1200. The van der Waals surface area contributed by atoms with Crippen molar-refractivity contribution in [2.75, 3.05) is 20.0 Å². The van der Waals surface area contributed by atoms with Crippen molar-refractivity contribution in [3.8, 4) is 23.0 Å². The number of aromatic nitrogens is 4. The molecule has 0 saturated heterocycles. The van der Waals surface area contributed by atoms with E-state index in [1.807, 2.05) is 24.3 Å². The summed E-state index contributed by atoms with van der Waals surface area (Å²) in [6.07, 6.45) is 0.568. The van der Waals surface area contributed by atoms with Crippen LogP contribution in [0.4, 0.5) is 0 Å². The van der Waals surface area contributed by atoms with E-state index in [0.717, 1.165) is 5.56 Å². The molecule has 2 aromatic carbocycles. The summed E-state index contributed by atoms with van der Waals surface area (Å²) in [5, 5.41) is 9.19. The molecule has 148 valence electrons. The van der Waals surface area contributed by atoms with Crippen LogP contribution in [0.1, 0.15) is 5.82 Å². The molecule has 9 heteroatoms. The summed E-state index contributed by atoms with van der Waals surface area (Å²) in [5.41, 5.74) is 1.29. The third-order valence-corrected chi connectivity index (χ3v) is 5.08. The predicted molar refractivity (Wildman–Crippen MR) is 110 cm³/mol. The lowest BCUT2D eigenvalue weighted by atomic mass is 10.2. The van der Waals surface area contributed by atoms with E-state index < -0.39 is 0 Å². The lowest BCUT2D eigenvalue weighted by Crippen LogP contribution is -2.12. The lowest BCUT2D eigenvalue weighted by Gasteiger charge is -2.07. The summed E-state index contributed by atoms with van der Waals surface area (Å²) < 4.78 is 16.3. The predicted octanol–water partition coefficient (Wildman–Crippen LogP) is 3.33. The Hall–Kier alpha value is -3.33. The standard InChI is InChI=1S/C20H18N4O4S/c1-26-15-8-7-12(11-16(15)27-2)19-23-24-20(28-19)29-10-9-17-21-14-6-4-3-5-13(14)18(25)22-17/h3-8,11H,9-10H2,1-2H3,(H,21,22,25). The van der Waals surface area contributed by atoms with E-state index in [2.05, 4.69) is 20.2 Å². The van der Waals surface area contributed by atoms with E-state index >= 15 is 0 Å². The van der Waals surface area contributed by atoms with Crippen LogP contribution in [0.15, 0.2) is 56.9 Å². The fourth-order valence-electron chi connectivity index (χ4n) is 2.84. The lowest BCUT2D eigenvalue weighted by molar-refractivity contribution is 0.355. The molecule has 2 aromatic heterocycles. The molecule has 0 aliphatic rings. The highest BCUT2D eigenvalue weighted by Crippen LogP contribution is 2.32. The number of benzene rings is 2. The Kier molecular flexibility index (Phi) is 5.48. The van der Waals surface area contributed by atoms with E-state index in [9.17, 15) is 4.79 Å². The van der Waals surface area contributed by atoms with Gasteiger partial charge < -0.3 is 18.9 Å². The van der Waals surface area contributed by atoms with Gasteiger partial charge in [0.1, 0.15) is 5.82 Å². The largest absolute Gasteiger partial charge is 0.493 e. The second kappa shape index (κ2) is 8.36. The van der Waals surface area contributed by atoms with Crippen LogP contribution in [0.3, 0.4) is 0 Å². The Morgan fingerprint density at radius 2 is 1.90 bits per heavy atom. The summed E-state index contributed by atoms with van der Waals surface area (Å²) >= 11 is 1.40. The van der Waals surface area contributed by atoms with Crippen molar-refractivity contribution in [3.05, 3.63) is 58.6 Å². The molecular formula is C20H18N4O4S. The normalized spacial score (nSPS) is 11.0. The van der Waals surface area contributed by atoms with Crippen LogP contribution in [0.5, 0.6) is 11.5 Å². The molecule has 0 aliphatic heterocycles. The van der Waals surface area contributed by atoms with Crippen molar-refractivity contribution in [2.24, 2.45) is 0 Å². The van der Waals surface area contributed by atoms with Gasteiger partial charge in [0.2, 0.25) is 5.89 Å². The SMILES string of the molecule is COc1ccc(-c2nnc(SCCc3nc4ccccc4c(=O)[nH]3)o2)cc1OC. The van der Waals surface area contributed by atoms with Gasteiger partial charge in [-0.05, 0) is 30.3 Å². The molecule has 8 nitrogen and oxygen atoms in total. The first-order valence-corrected chi connectivity index (χ1v) is 9.83. The average Bonchev–Trinajstić information content (AvgIpc) is 3.22. The second-order valence-corrected chi connectivity index (χ2v) is 7.12. The Balaban J connectivity index is 1.43. The monoisotopic (exact) mass is 410 g/mol. The molecule has 0 amide bonds. The van der Waals surface area contributed by atoms with Crippen molar-refractivity contribution in [1.29, 1.82) is 0 Å². The first kappa shape index (κ1) is 19.0. The molecule has 0 unspecified atom stereocenters. The quantitative estimate of drug-likeness (QED) is 0.463. The van der Waals surface area contributed by atoms with Gasteiger partial charge >= 0.3 is 0 Å². The highest BCUT2D eigenvalue weighted by atomic mass is 32.2. The minimum Gasteiger partial charge on any atom is -0.493 e. The Morgan fingerprint density at radius 3 is 2.72 bits per heavy atom. The van der Waals surface area contributed by atoms with Gasteiger partial charge in [0.05, 0.1) is 25.1 Å². The minimum atomic E-state index is -0.135. The highest BCUT2D eigenvalue weighted by Gasteiger charge is 2.13. The number of aryl methyl sites for hydroxylation is 1. The molecule has 4 aromatic rings. The number of aromatic amines is 1. The average molecular weight is 410 g/mol. The van der Waals surface area contributed by atoms with Gasteiger partial charge in [0, 0.05) is 17.7 Å². The number of H-pyrrole nitrogens is 1. The number of para-hydroxylation sites is 1. The first-order valence-electron chi connectivity index (χ1n) is 8.84. The van der Waals surface area contributed by atoms with Gasteiger partial charge in [-0.15, -0.1) is 10.2 Å². The second-order valence-electron chi connectivity index (χ2n) is 6.07. The van der Waals surface area contributed by atoms with Crippen molar-refractivity contribution < 1.29 is 13.9 Å². The summed E-state index contributed by atoms with van der Waals surface area (Å²) in [5.74, 6) is 2.87. The molecule has 2 heterocycles. The number of nitrogens with zero attached hydrogens (tertiary/aromatic N) is 3. The number of rotatable bonds is 7. The molecule has 0 fully saturated rings. The van der Waals surface area contributed by atoms with Crippen molar-refractivity contribution in [3.63, 3.8) is 0 Å². The zero-order valence-corrected chi connectivity index (χ0v) is 16.7. The van der Waals surface area contributed by atoms with Crippen molar-refractivity contribution in [1.82, 2.24) is 20.2 Å². The third-order valence-electron chi connectivity index (χ3n) is 4.26. The minimum absolute atomic E-state index is 0.135. The van der Waals surface area contributed by atoms with Gasteiger partial charge in [-0.3, -0.25) is 4.79 Å². The van der Waals surface area contributed by atoms with Gasteiger partial charge in [0.25, 0.3) is 10.8 Å². The smallest absolute Gasteiger partial charge is 0.276 e. The van der Waals surface area contributed by atoms with Gasteiger partial charge in [-0.2, -0.15) is 0 Å². The van der Waals surface area contributed by atoms with Crippen molar-refractivity contribution >= 4 is 22.7 Å². The van der Waals surface area contributed by atoms with Crippen LogP contribution in [0, 0.1) is 0 Å². The summed E-state index contributed by atoms with van der Waals surface area (Å²) in [6.45, 7) is 0. The zero-order chi connectivity index (χ0) is 20.2. The topological polar surface area (TPSA) is 103 Å². The molecule has 0 radical (unpaired) electrons. The molecule has 1 N–H and O–H groups in total. The number of ether oxygens (including phenoxy) is 2. The summed E-state index contributed by atoms with van der Waals surface area (Å²) in [6, 6.07) is 12.7. The summed E-state index contributed by atoms with van der Waals surface area (Å²) in [4.78, 5) is 19.4. The van der Waals surface area contributed by atoms with Crippen LogP contribution in [-0.4, -0.2) is 40.1 Å². The molecule has 0 spiro atoms. The van der Waals surface area contributed by atoms with Crippen LogP contribution < -0.4 is 15.0 Å². The molecule has 29 heavy (non-hydrogen) atoms. The molecule has 0 saturated carbocycles. The number of fused-ring (bicyclic) bond motifs is 1. The van der Waals surface area contributed by atoms with Crippen molar-refractivity contribution in [2.45, 2.75) is 11.6 Å². The molecular weight excluding hydrogens is 392 g/mol. The maximum Gasteiger partial charge on any atom is 0.276 e. The van der Waals surface area contributed by atoms with E-state index in [1.165, 1.54) is 11.8 Å². The van der Waals surface area contributed by atoms with E-state index in [-0.39, 0.29) is 5.56 Å². The van der Waals surface area contributed by atoms with E-state index in [0.29, 0.717) is 51.5 Å².